The molecule has 6 aromatic carbocycles. The predicted molar refractivity (Wildman–Crippen MR) is 209 cm³/mol. The summed E-state index contributed by atoms with van der Waals surface area (Å²) in [5, 5.41) is 10.0. The number of nitriles is 1. The highest BCUT2D eigenvalue weighted by molar-refractivity contribution is 6.12. The molecule has 4 nitrogen and oxygen atoms in total. The number of hydrogen-bond acceptors (Lipinski definition) is 2. The van der Waals surface area contributed by atoms with Crippen molar-refractivity contribution in [2.75, 3.05) is 0 Å². The summed E-state index contributed by atoms with van der Waals surface area (Å²) in [6.07, 6.45) is -19.6. The van der Waals surface area contributed by atoms with Gasteiger partial charge in [-0.3, -0.25) is 0 Å². The molecule has 0 saturated carbocycles. The molecule has 9 aromatic rings. The molecule has 310 valence electrons. The van der Waals surface area contributed by atoms with Crippen LogP contribution in [0, 0.1) is 11.3 Å². The molecule has 0 aliphatic carbocycles. The first kappa shape index (κ1) is 40.1. The summed E-state index contributed by atoms with van der Waals surface area (Å²) in [5.74, 6) is 0. The van der Waals surface area contributed by atoms with Crippen molar-refractivity contribution in [1.29, 1.82) is 5.26 Å². The molecule has 0 radical (unpaired) electrons. The van der Waals surface area contributed by atoms with E-state index in [4.69, 9.17) is 4.98 Å². The van der Waals surface area contributed by atoms with Crippen molar-refractivity contribution >= 4 is 43.6 Å². The molecule has 0 amide bonds. The van der Waals surface area contributed by atoms with Gasteiger partial charge in [0.1, 0.15) is 11.6 Å². The number of pyridine rings is 1. The Bertz CT molecular complexity index is 2990. The Morgan fingerprint density at radius 3 is 1.05 bits per heavy atom. The average Bonchev–Trinajstić information content (AvgIpc) is 3.73. The van der Waals surface area contributed by atoms with Crippen LogP contribution in [-0.2, 0) is 24.7 Å². The zero-order valence-electron chi connectivity index (χ0n) is 31.0. The maximum Gasteiger partial charge on any atom is 0.416 e. The fraction of sp³-hybridized carbons (Fsp3) is 0.0870. The van der Waals surface area contributed by atoms with Gasteiger partial charge in [-0.2, -0.15) is 57.9 Å². The Morgan fingerprint density at radius 1 is 0.387 bits per heavy atom. The molecule has 0 spiro atoms. The fourth-order valence-corrected chi connectivity index (χ4v) is 7.86. The van der Waals surface area contributed by atoms with Crippen LogP contribution in [0.2, 0.25) is 0 Å². The SMILES string of the molecule is N#Cc1c(-n2c3ccc(C(F)(F)F)cc3c3cc(C(F)(F)F)ccc32)cc(-c2cccc(-c3ccccc3)n2)cc1-n1c2ccc(C(F)(F)F)cc2c2cc(C(F)(F)F)ccc21. The highest BCUT2D eigenvalue weighted by Crippen LogP contribution is 2.45. The van der Waals surface area contributed by atoms with Gasteiger partial charge in [0.15, 0.2) is 0 Å². The third kappa shape index (κ3) is 6.73. The van der Waals surface area contributed by atoms with Gasteiger partial charge < -0.3 is 9.13 Å². The second-order valence-electron chi connectivity index (χ2n) is 14.4. The first-order valence-electron chi connectivity index (χ1n) is 18.3. The molecule has 62 heavy (non-hydrogen) atoms. The molecule has 0 bridgehead atoms. The van der Waals surface area contributed by atoms with Crippen LogP contribution in [0.3, 0.4) is 0 Å². The lowest BCUT2D eigenvalue weighted by molar-refractivity contribution is -0.138. The zero-order valence-corrected chi connectivity index (χ0v) is 31.0. The quantitative estimate of drug-likeness (QED) is 0.166. The Kier molecular flexibility index (Phi) is 8.99. The van der Waals surface area contributed by atoms with Crippen LogP contribution in [0.1, 0.15) is 27.8 Å². The molecule has 9 rings (SSSR count). The molecular weight excluding hydrogens is 837 g/mol. The first-order chi connectivity index (χ1) is 29.2. The van der Waals surface area contributed by atoms with E-state index in [1.54, 1.807) is 48.5 Å². The molecule has 3 heterocycles. The fourth-order valence-electron chi connectivity index (χ4n) is 7.86. The third-order valence-corrected chi connectivity index (χ3v) is 10.6. The number of fused-ring (bicyclic) bond motifs is 6. The smallest absolute Gasteiger partial charge is 0.308 e. The lowest BCUT2D eigenvalue weighted by Gasteiger charge is -2.19. The zero-order chi connectivity index (χ0) is 44.1. The molecule has 0 fully saturated rings. The van der Waals surface area contributed by atoms with E-state index < -0.39 is 47.0 Å². The highest BCUT2D eigenvalue weighted by Gasteiger charge is 2.36. The van der Waals surface area contributed by atoms with Crippen LogP contribution < -0.4 is 0 Å². The minimum atomic E-state index is -4.90. The summed E-state index contributed by atoms with van der Waals surface area (Å²) in [6.45, 7) is 0. The van der Waals surface area contributed by atoms with E-state index in [0.717, 1.165) is 48.5 Å². The van der Waals surface area contributed by atoms with Crippen molar-refractivity contribution in [2.24, 2.45) is 0 Å². The number of halogens is 12. The minimum absolute atomic E-state index is 0.0511. The second-order valence-corrected chi connectivity index (χ2v) is 14.4. The number of benzene rings is 6. The van der Waals surface area contributed by atoms with Gasteiger partial charge in [-0.15, -0.1) is 0 Å². The Labute approximate surface area is 341 Å². The number of rotatable bonds is 4. The number of alkyl halides is 12. The molecule has 0 N–H and O–H groups in total. The van der Waals surface area contributed by atoms with Crippen molar-refractivity contribution in [3.8, 4) is 40.0 Å². The maximum absolute atomic E-state index is 14.1. The van der Waals surface area contributed by atoms with Crippen LogP contribution in [0.15, 0.2) is 133 Å². The van der Waals surface area contributed by atoms with Crippen LogP contribution in [0.4, 0.5) is 52.7 Å². The van der Waals surface area contributed by atoms with Gasteiger partial charge in [0.2, 0.25) is 0 Å². The van der Waals surface area contributed by atoms with Crippen molar-refractivity contribution in [3.63, 3.8) is 0 Å². The van der Waals surface area contributed by atoms with Gasteiger partial charge in [0.05, 0.1) is 67.1 Å². The predicted octanol–water partition coefficient (Wildman–Crippen LogP) is 14.6. The number of aromatic nitrogens is 3. The van der Waals surface area contributed by atoms with Crippen molar-refractivity contribution < 1.29 is 52.7 Å². The summed E-state index contributed by atoms with van der Waals surface area (Å²) in [5.41, 5.74) is -3.72. The van der Waals surface area contributed by atoms with Gasteiger partial charge in [-0.25, -0.2) is 4.98 Å². The van der Waals surface area contributed by atoms with Crippen molar-refractivity contribution in [1.82, 2.24) is 14.1 Å². The number of hydrogen-bond donors (Lipinski definition) is 0. The highest BCUT2D eigenvalue weighted by atomic mass is 19.4. The molecule has 0 unspecified atom stereocenters. The summed E-state index contributed by atoms with van der Waals surface area (Å²) in [6, 6.07) is 28.7. The standard InChI is InChI=1S/C46H22F12N4/c47-43(48,49)26-9-13-37-30(19-26)31-20-27(44(50,51)52)10-14-38(31)61(37)41-17-25(36-8-4-7-35(60-36)24-5-2-1-3-6-24)18-42(34(41)23-59)62-39-15-11-28(45(53,54)55)21-32(39)33-22-29(46(56,57)58)12-16-40(33)62/h1-22H. The molecule has 16 heteroatoms. The normalized spacial score (nSPS) is 12.8. The van der Waals surface area contributed by atoms with E-state index in [9.17, 15) is 57.9 Å². The molecule has 0 saturated heterocycles. The van der Waals surface area contributed by atoms with E-state index >= 15 is 0 Å². The molecule has 0 atom stereocenters. The van der Waals surface area contributed by atoms with E-state index in [2.05, 4.69) is 6.07 Å². The van der Waals surface area contributed by atoms with Crippen LogP contribution >= 0.6 is 0 Å². The van der Waals surface area contributed by atoms with E-state index in [0.29, 0.717) is 35.5 Å². The van der Waals surface area contributed by atoms with Crippen molar-refractivity contribution in [3.05, 3.63) is 161 Å². The number of nitrogens with zero attached hydrogens (tertiary/aromatic N) is 4. The van der Waals surface area contributed by atoms with Gasteiger partial charge >= 0.3 is 24.7 Å². The van der Waals surface area contributed by atoms with Gasteiger partial charge in [0, 0.05) is 32.7 Å². The topological polar surface area (TPSA) is 46.5 Å². The van der Waals surface area contributed by atoms with Crippen LogP contribution in [0.5, 0.6) is 0 Å². The average molecular weight is 859 g/mol. The summed E-state index contributed by atoms with van der Waals surface area (Å²) in [7, 11) is 0. The van der Waals surface area contributed by atoms with Gasteiger partial charge in [-0.05, 0) is 97.1 Å². The lowest BCUT2D eigenvalue weighted by atomic mass is 10.0. The molecule has 0 aliphatic heterocycles. The summed E-state index contributed by atoms with van der Waals surface area (Å²) in [4.78, 5) is 4.82. The Balaban J connectivity index is 1.44. The molecular formula is C46H22F12N4. The monoisotopic (exact) mass is 858 g/mol. The van der Waals surface area contributed by atoms with Gasteiger partial charge in [-0.1, -0.05) is 36.4 Å². The summed E-state index contributed by atoms with van der Waals surface area (Å²) >= 11 is 0. The van der Waals surface area contributed by atoms with E-state index in [1.165, 1.54) is 21.3 Å². The largest absolute Gasteiger partial charge is 0.416 e. The lowest BCUT2D eigenvalue weighted by Crippen LogP contribution is -2.07. The minimum Gasteiger partial charge on any atom is -0.308 e. The van der Waals surface area contributed by atoms with E-state index in [1.807, 2.05) is 0 Å². The molecule has 3 aromatic heterocycles. The summed E-state index contributed by atoms with van der Waals surface area (Å²) < 4.78 is 172. The second kappa shape index (κ2) is 13.9. The Hall–Kier alpha value is -7.28. The van der Waals surface area contributed by atoms with Crippen molar-refractivity contribution in [2.45, 2.75) is 24.7 Å². The Morgan fingerprint density at radius 2 is 0.726 bits per heavy atom. The van der Waals surface area contributed by atoms with Gasteiger partial charge in [0.25, 0.3) is 0 Å². The first-order valence-corrected chi connectivity index (χ1v) is 18.3. The third-order valence-electron chi connectivity index (χ3n) is 10.6. The molecule has 0 aliphatic rings. The van der Waals surface area contributed by atoms with Crippen LogP contribution in [-0.4, -0.2) is 14.1 Å². The van der Waals surface area contributed by atoms with E-state index in [-0.39, 0.29) is 71.8 Å². The van der Waals surface area contributed by atoms with Crippen LogP contribution in [0.25, 0.3) is 77.5 Å². The maximum atomic E-state index is 14.1.